The van der Waals surface area contributed by atoms with Crippen molar-refractivity contribution in [1.29, 1.82) is 0 Å². The van der Waals surface area contributed by atoms with Crippen LogP contribution in [0.15, 0.2) is 54.6 Å². The first-order valence-corrected chi connectivity index (χ1v) is 6.96. The van der Waals surface area contributed by atoms with E-state index in [2.05, 4.69) is 61.5 Å². The molecule has 1 aliphatic rings. The van der Waals surface area contributed by atoms with Crippen molar-refractivity contribution in [1.82, 2.24) is 0 Å². The molecule has 1 aliphatic carbocycles. The Labute approximate surface area is 110 Å². The monoisotopic (exact) mass is 236 g/mol. The zero-order valence-electron chi connectivity index (χ0n) is 11.0. The highest BCUT2D eigenvalue weighted by Gasteiger charge is 2.23. The minimum Gasteiger partial charge on any atom is -0.0622 e. The van der Waals surface area contributed by atoms with Crippen molar-refractivity contribution in [3.63, 3.8) is 0 Å². The second-order valence-electron chi connectivity index (χ2n) is 5.47. The Bertz CT molecular complexity index is 513. The molecule has 0 aliphatic heterocycles. The van der Waals surface area contributed by atoms with E-state index in [1.54, 1.807) is 11.1 Å². The lowest BCUT2D eigenvalue weighted by atomic mass is 9.75. The lowest BCUT2D eigenvalue weighted by Crippen LogP contribution is -2.19. The molecule has 0 bridgehead atoms. The van der Waals surface area contributed by atoms with E-state index in [1.165, 1.54) is 24.8 Å². The van der Waals surface area contributed by atoms with E-state index in [9.17, 15) is 0 Å². The summed E-state index contributed by atoms with van der Waals surface area (Å²) in [6, 6.07) is 19.9. The standard InChI is InChI=1S/C18H20/c1-14(15-7-3-2-4-8-15)17-12-11-16-9-5-6-10-18(16)13-17/h2-10,14,17H,11-13H2,1H3. The number of benzene rings is 2. The summed E-state index contributed by atoms with van der Waals surface area (Å²) in [7, 11) is 0. The zero-order valence-corrected chi connectivity index (χ0v) is 11.0. The Morgan fingerprint density at radius 1 is 0.889 bits per heavy atom. The predicted octanol–water partition coefficient (Wildman–Crippen LogP) is 4.60. The molecule has 0 saturated carbocycles. The number of hydrogen-bond donors (Lipinski definition) is 0. The molecule has 0 amide bonds. The van der Waals surface area contributed by atoms with Gasteiger partial charge in [-0.2, -0.15) is 0 Å². The molecular formula is C18H20. The highest BCUT2D eigenvalue weighted by molar-refractivity contribution is 5.31. The third-order valence-electron chi connectivity index (χ3n) is 4.42. The van der Waals surface area contributed by atoms with Crippen molar-refractivity contribution < 1.29 is 0 Å². The molecule has 0 fully saturated rings. The van der Waals surface area contributed by atoms with Crippen LogP contribution >= 0.6 is 0 Å². The van der Waals surface area contributed by atoms with Crippen LogP contribution in [-0.2, 0) is 12.8 Å². The van der Waals surface area contributed by atoms with Gasteiger partial charge in [-0.1, -0.05) is 61.5 Å². The van der Waals surface area contributed by atoms with E-state index >= 15 is 0 Å². The van der Waals surface area contributed by atoms with Gasteiger partial charge in [-0.25, -0.2) is 0 Å². The number of hydrogen-bond acceptors (Lipinski definition) is 0. The summed E-state index contributed by atoms with van der Waals surface area (Å²) in [5.41, 5.74) is 4.62. The van der Waals surface area contributed by atoms with Gasteiger partial charge in [0.05, 0.1) is 0 Å². The summed E-state index contributed by atoms with van der Waals surface area (Å²) >= 11 is 0. The highest BCUT2D eigenvalue weighted by Crippen LogP contribution is 2.35. The van der Waals surface area contributed by atoms with Crippen molar-refractivity contribution >= 4 is 0 Å². The van der Waals surface area contributed by atoms with Crippen LogP contribution in [0.4, 0.5) is 0 Å². The van der Waals surface area contributed by atoms with Crippen molar-refractivity contribution in [3.05, 3.63) is 71.3 Å². The molecule has 0 heterocycles. The molecule has 2 atom stereocenters. The van der Waals surface area contributed by atoms with Crippen LogP contribution in [0.25, 0.3) is 0 Å². The summed E-state index contributed by atoms with van der Waals surface area (Å²) in [5, 5.41) is 0. The molecule has 2 aromatic rings. The van der Waals surface area contributed by atoms with Crippen LogP contribution in [-0.4, -0.2) is 0 Å². The molecule has 0 spiro atoms. The number of rotatable bonds is 2. The van der Waals surface area contributed by atoms with E-state index < -0.39 is 0 Å². The maximum atomic E-state index is 2.38. The highest BCUT2D eigenvalue weighted by atomic mass is 14.3. The Kier molecular flexibility index (Phi) is 3.19. The van der Waals surface area contributed by atoms with Gasteiger partial charge in [-0.3, -0.25) is 0 Å². The summed E-state index contributed by atoms with van der Waals surface area (Å²) in [4.78, 5) is 0. The molecular weight excluding hydrogens is 216 g/mol. The Morgan fingerprint density at radius 2 is 1.56 bits per heavy atom. The predicted molar refractivity (Wildman–Crippen MR) is 76.8 cm³/mol. The molecule has 0 nitrogen and oxygen atoms in total. The zero-order chi connectivity index (χ0) is 12.4. The van der Waals surface area contributed by atoms with Gasteiger partial charge in [-0.05, 0) is 47.8 Å². The maximum absolute atomic E-state index is 2.38. The van der Waals surface area contributed by atoms with E-state index in [1.807, 2.05) is 0 Å². The molecule has 0 heteroatoms. The molecule has 18 heavy (non-hydrogen) atoms. The third-order valence-corrected chi connectivity index (χ3v) is 4.42. The van der Waals surface area contributed by atoms with Gasteiger partial charge in [0.2, 0.25) is 0 Å². The quantitative estimate of drug-likeness (QED) is 0.715. The Balaban J connectivity index is 1.80. The van der Waals surface area contributed by atoms with Gasteiger partial charge in [0, 0.05) is 0 Å². The molecule has 0 N–H and O–H groups in total. The fraction of sp³-hybridized carbons (Fsp3) is 0.333. The Morgan fingerprint density at radius 3 is 2.33 bits per heavy atom. The average Bonchev–Trinajstić information content (AvgIpc) is 2.47. The van der Waals surface area contributed by atoms with Crippen LogP contribution in [0.3, 0.4) is 0 Å². The fourth-order valence-electron chi connectivity index (χ4n) is 3.18. The first-order valence-electron chi connectivity index (χ1n) is 6.96. The minimum absolute atomic E-state index is 0.666. The van der Waals surface area contributed by atoms with E-state index in [0.29, 0.717) is 5.92 Å². The van der Waals surface area contributed by atoms with Gasteiger partial charge in [0.15, 0.2) is 0 Å². The topological polar surface area (TPSA) is 0 Å². The molecule has 92 valence electrons. The first-order chi connectivity index (χ1) is 8.84. The van der Waals surface area contributed by atoms with Gasteiger partial charge in [0.25, 0.3) is 0 Å². The molecule has 2 aromatic carbocycles. The molecule has 3 rings (SSSR count). The third kappa shape index (κ3) is 2.20. The van der Waals surface area contributed by atoms with Crippen LogP contribution < -0.4 is 0 Å². The van der Waals surface area contributed by atoms with Gasteiger partial charge in [0.1, 0.15) is 0 Å². The van der Waals surface area contributed by atoms with Crippen molar-refractivity contribution in [3.8, 4) is 0 Å². The van der Waals surface area contributed by atoms with E-state index in [0.717, 1.165) is 5.92 Å². The van der Waals surface area contributed by atoms with Crippen LogP contribution in [0.1, 0.15) is 36.0 Å². The SMILES string of the molecule is CC(c1ccccc1)C1CCc2ccccc2C1. The second kappa shape index (κ2) is 4.97. The van der Waals surface area contributed by atoms with Crippen molar-refractivity contribution in [2.75, 3.05) is 0 Å². The number of fused-ring (bicyclic) bond motifs is 1. The normalized spacial score (nSPS) is 20.2. The van der Waals surface area contributed by atoms with Gasteiger partial charge < -0.3 is 0 Å². The van der Waals surface area contributed by atoms with Gasteiger partial charge in [-0.15, -0.1) is 0 Å². The van der Waals surface area contributed by atoms with Crippen molar-refractivity contribution in [2.24, 2.45) is 5.92 Å². The summed E-state index contributed by atoms with van der Waals surface area (Å²) in [5.74, 6) is 1.46. The number of aryl methyl sites for hydroxylation is 1. The lowest BCUT2D eigenvalue weighted by Gasteiger charge is -2.29. The van der Waals surface area contributed by atoms with Crippen LogP contribution in [0.2, 0.25) is 0 Å². The maximum Gasteiger partial charge on any atom is -0.0159 e. The fourth-order valence-corrected chi connectivity index (χ4v) is 3.18. The smallest absolute Gasteiger partial charge is 0.0159 e. The van der Waals surface area contributed by atoms with Gasteiger partial charge >= 0.3 is 0 Å². The summed E-state index contributed by atoms with van der Waals surface area (Å²) in [6.07, 6.45) is 3.82. The molecule has 0 radical (unpaired) electrons. The lowest BCUT2D eigenvalue weighted by molar-refractivity contribution is 0.394. The summed E-state index contributed by atoms with van der Waals surface area (Å²) < 4.78 is 0. The van der Waals surface area contributed by atoms with E-state index in [-0.39, 0.29) is 0 Å². The average molecular weight is 236 g/mol. The molecule has 0 aromatic heterocycles. The molecule has 2 unspecified atom stereocenters. The Hall–Kier alpha value is -1.56. The van der Waals surface area contributed by atoms with E-state index in [4.69, 9.17) is 0 Å². The molecule has 0 saturated heterocycles. The largest absolute Gasteiger partial charge is 0.0622 e. The van der Waals surface area contributed by atoms with Crippen LogP contribution in [0, 0.1) is 5.92 Å². The second-order valence-corrected chi connectivity index (χ2v) is 5.47. The van der Waals surface area contributed by atoms with Crippen molar-refractivity contribution in [2.45, 2.75) is 32.1 Å². The first kappa shape index (κ1) is 11.5. The summed E-state index contributed by atoms with van der Waals surface area (Å²) in [6.45, 7) is 2.38. The van der Waals surface area contributed by atoms with Crippen LogP contribution in [0.5, 0.6) is 0 Å². The minimum atomic E-state index is 0.666.